The first-order valence-electron chi connectivity index (χ1n) is 6.90. The Hall–Kier alpha value is -1.36. The lowest BCUT2D eigenvalue weighted by Gasteiger charge is -2.27. The van der Waals surface area contributed by atoms with Crippen LogP contribution in [0.5, 0.6) is 0 Å². The molecule has 0 spiro atoms. The molecule has 2 rings (SSSR count). The number of nitrogens with zero attached hydrogens (tertiary/aromatic N) is 3. The number of carbonyl (C=O) groups is 1. The fourth-order valence-electron chi connectivity index (χ4n) is 2.83. The Morgan fingerprint density at radius 2 is 2.21 bits per heavy atom. The lowest BCUT2D eigenvalue weighted by molar-refractivity contribution is -0.142. The largest absolute Gasteiger partial charge is 0.468 e. The number of aromatic nitrogens is 2. The minimum Gasteiger partial charge on any atom is -0.468 e. The monoisotopic (exact) mass is 265 g/mol. The van der Waals surface area contributed by atoms with Gasteiger partial charge < -0.3 is 4.74 Å². The van der Waals surface area contributed by atoms with Gasteiger partial charge in [-0.2, -0.15) is 5.10 Å². The van der Waals surface area contributed by atoms with E-state index in [1.54, 1.807) is 0 Å². The van der Waals surface area contributed by atoms with E-state index < -0.39 is 0 Å². The third-order valence-corrected chi connectivity index (χ3v) is 3.86. The maximum atomic E-state index is 11.6. The normalized spacial score (nSPS) is 16.2. The van der Waals surface area contributed by atoms with Gasteiger partial charge >= 0.3 is 5.97 Å². The average molecular weight is 265 g/mol. The van der Waals surface area contributed by atoms with Crippen molar-refractivity contribution in [2.75, 3.05) is 13.7 Å². The molecule has 1 aromatic rings. The Kier molecular flexibility index (Phi) is 4.58. The molecule has 1 aromatic heterocycles. The second-order valence-corrected chi connectivity index (χ2v) is 5.32. The highest BCUT2D eigenvalue weighted by Gasteiger charge is 2.25. The molecule has 0 aliphatic heterocycles. The Morgan fingerprint density at radius 3 is 2.74 bits per heavy atom. The van der Waals surface area contributed by atoms with Crippen LogP contribution in [-0.4, -0.2) is 40.3 Å². The van der Waals surface area contributed by atoms with Crippen LogP contribution in [0.15, 0.2) is 6.07 Å². The molecule has 1 aliphatic rings. The van der Waals surface area contributed by atoms with Crippen LogP contribution in [0.2, 0.25) is 0 Å². The summed E-state index contributed by atoms with van der Waals surface area (Å²) in [6.45, 7) is 3.12. The zero-order valence-electron chi connectivity index (χ0n) is 12.1. The summed E-state index contributed by atoms with van der Waals surface area (Å²) in [6.07, 6.45) is 4.86. The number of esters is 1. The van der Waals surface area contributed by atoms with Crippen molar-refractivity contribution in [1.82, 2.24) is 14.7 Å². The van der Waals surface area contributed by atoms with Crippen molar-refractivity contribution in [3.8, 4) is 0 Å². The number of methoxy groups -OCH3 is 1. The maximum absolute atomic E-state index is 11.6. The summed E-state index contributed by atoms with van der Waals surface area (Å²) in [5, 5.41) is 4.36. The number of aryl methyl sites for hydroxylation is 2. The highest BCUT2D eigenvalue weighted by molar-refractivity contribution is 5.71. The predicted octanol–water partition coefficient (Wildman–Crippen LogP) is 1.65. The van der Waals surface area contributed by atoms with Crippen LogP contribution in [0.3, 0.4) is 0 Å². The van der Waals surface area contributed by atoms with Gasteiger partial charge in [-0.3, -0.25) is 14.4 Å². The fourth-order valence-corrected chi connectivity index (χ4v) is 2.83. The number of ether oxygens (including phenoxy) is 1. The molecular weight excluding hydrogens is 242 g/mol. The van der Waals surface area contributed by atoms with Gasteiger partial charge in [0.25, 0.3) is 0 Å². The van der Waals surface area contributed by atoms with Crippen molar-refractivity contribution >= 4 is 5.97 Å². The number of hydrogen-bond donors (Lipinski definition) is 0. The minimum absolute atomic E-state index is 0.161. The molecular formula is C14H23N3O2. The Bertz CT molecular complexity index is 436. The molecule has 1 heterocycles. The number of rotatable bonds is 5. The van der Waals surface area contributed by atoms with Crippen molar-refractivity contribution < 1.29 is 9.53 Å². The van der Waals surface area contributed by atoms with Crippen molar-refractivity contribution in [2.24, 2.45) is 7.05 Å². The minimum atomic E-state index is -0.161. The molecule has 0 radical (unpaired) electrons. The number of hydrogen-bond acceptors (Lipinski definition) is 4. The highest BCUT2D eigenvalue weighted by Crippen LogP contribution is 2.25. The van der Waals surface area contributed by atoms with E-state index in [1.807, 2.05) is 18.7 Å². The van der Waals surface area contributed by atoms with E-state index in [0.717, 1.165) is 17.9 Å². The van der Waals surface area contributed by atoms with Crippen LogP contribution < -0.4 is 0 Å². The highest BCUT2D eigenvalue weighted by atomic mass is 16.5. The van der Waals surface area contributed by atoms with Gasteiger partial charge in [-0.1, -0.05) is 12.8 Å². The van der Waals surface area contributed by atoms with Crippen molar-refractivity contribution in [3.05, 3.63) is 17.5 Å². The molecule has 1 fully saturated rings. The van der Waals surface area contributed by atoms with Crippen LogP contribution in [0, 0.1) is 6.92 Å². The van der Waals surface area contributed by atoms with Gasteiger partial charge in [0.05, 0.1) is 25.0 Å². The smallest absolute Gasteiger partial charge is 0.319 e. The van der Waals surface area contributed by atoms with Crippen LogP contribution in [0.1, 0.15) is 37.1 Å². The van der Waals surface area contributed by atoms with E-state index in [9.17, 15) is 4.79 Å². The predicted molar refractivity (Wildman–Crippen MR) is 72.6 cm³/mol. The van der Waals surface area contributed by atoms with E-state index in [0.29, 0.717) is 12.6 Å². The lowest BCUT2D eigenvalue weighted by atomic mass is 10.2. The van der Waals surface area contributed by atoms with E-state index in [2.05, 4.69) is 16.1 Å². The molecule has 19 heavy (non-hydrogen) atoms. The second kappa shape index (κ2) is 6.19. The maximum Gasteiger partial charge on any atom is 0.319 e. The summed E-state index contributed by atoms with van der Waals surface area (Å²) < 4.78 is 6.71. The average Bonchev–Trinajstić information content (AvgIpc) is 2.99. The molecule has 1 aliphatic carbocycles. The molecule has 0 atom stereocenters. The van der Waals surface area contributed by atoms with Gasteiger partial charge in [-0.15, -0.1) is 0 Å². The summed E-state index contributed by atoms with van der Waals surface area (Å²) in [4.78, 5) is 13.8. The van der Waals surface area contributed by atoms with E-state index in [-0.39, 0.29) is 5.97 Å². The van der Waals surface area contributed by atoms with Gasteiger partial charge in [-0.05, 0) is 25.8 Å². The fraction of sp³-hybridized carbons (Fsp3) is 0.714. The Balaban J connectivity index is 2.08. The van der Waals surface area contributed by atoms with Crippen LogP contribution in [-0.2, 0) is 23.1 Å². The molecule has 0 aromatic carbocycles. The van der Waals surface area contributed by atoms with E-state index in [4.69, 9.17) is 4.74 Å². The molecule has 0 N–H and O–H groups in total. The second-order valence-electron chi connectivity index (χ2n) is 5.32. The number of carbonyl (C=O) groups excluding carboxylic acids is 1. The Labute approximate surface area is 114 Å². The molecule has 0 saturated heterocycles. The summed E-state index contributed by atoms with van der Waals surface area (Å²) in [7, 11) is 3.40. The van der Waals surface area contributed by atoms with Gasteiger partial charge in [0.15, 0.2) is 0 Å². The van der Waals surface area contributed by atoms with Gasteiger partial charge in [0, 0.05) is 19.6 Å². The lowest BCUT2D eigenvalue weighted by Crippen LogP contribution is -2.38. The standard InChI is InChI=1S/C14H23N3O2/c1-11-8-13(16(2)15-11)9-17(10-14(18)19-3)12-6-4-5-7-12/h8,12H,4-7,9-10H2,1-3H3. The molecule has 0 amide bonds. The summed E-state index contributed by atoms with van der Waals surface area (Å²) in [5.74, 6) is -0.161. The zero-order valence-corrected chi connectivity index (χ0v) is 12.1. The molecule has 0 bridgehead atoms. The van der Waals surface area contributed by atoms with Crippen LogP contribution >= 0.6 is 0 Å². The first kappa shape index (κ1) is 14.1. The van der Waals surface area contributed by atoms with Crippen molar-refractivity contribution in [1.29, 1.82) is 0 Å². The van der Waals surface area contributed by atoms with Crippen molar-refractivity contribution in [2.45, 2.75) is 45.2 Å². The van der Waals surface area contributed by atoms with Crippen LogP contribution in [0.25, 0.3) is 0 Å². The van der Waals surface area contributed by atoms with Crippen LogP contribution in [0.4, 0.5) is 0 Å². The quantitative estimate of drug-likeness (QED) is 0.759. The third-order valence-electron chi connectivity index (χ3n) is 3.86. The first-order chi connectivity index (χ1) is 9.10. The summed E-state index contributed by atoms with van der Waals surface area (Å²) in [6, 6.07) is 2.58. The van der Waals surface area contributed by atoms with Crippen molar-refractivity contribution in [3.63, 3.8) is 0 Å². The first-order valence-corrected chi connectivity index (χ1v) is 6.90. The molecule has 5 nitrogen and oxygen atoms in total. The molecule has 5 heteroatoms. The molecule has 1 saturated carbocycles. The zero-order chi connectivity index (χ0) is 13.8. The SMILES string of the molecule is COC(=O)CN(Cc1cc(C)nn1C)C1CCCC1. The van der Waals surface area contributed by atoms with Gasteiger partial charge in [-0.25, -0.2) is 0 Å². The van der Waals surface area contributed by atoms with Gasteiger partial charge in [0.1, 0.15) is 0 Å². The van der Waals surface area contributed by atoms with E-state index >= 15 is 0 Å². The van der Waals surface area contributed by atoms with Gasteiger partial charge in [0.2, 0.25) is 0 Å². The van der Waals surface area contributed by atoms with E-state index in [1.165, 1.54) is 32.8 Å². The Morgan fingerprint density at radius 1 is 1.53 bits per heavy atom. The summed E-state index contributed by atoms with van der Waals surface area (Å²) in [5.41, 5.74) is 2.16. The topological polar surface area (TPSA) is 47.4 Å². The molecule has 0 unspecified atom stereocenters. The third kappa shape index (κ3) is 3.56. The summed E-state index contributed by atoms with van der Waals surface area (Å²) >= 11 is 0. The molecule has 106 valence electrons.